The van der Waals surface area contributed by atoms with Gasteiger partial charge < -0.3 is 10.1 Å². The zero-order valence-electron chi connectivity index (χ0n) is 16.0. The van der Waals surface area contributed by atoms with Crippen molar-refractivity contribution in [3.63, 3.8) is 0 Å². The first-order valence-electron chi connectivity index (χ1n) is 9.13. The van der Waals surface area contributed by atoms with E-state index in [0.29, 0.717) is 32.2 Å². The maximum atomic E-state index is 12.8. The lowest BCUT2D eigenvalue weighted by atomic mass is 10.0. The van der Waals surface area contributed by atoms with Crippen molar-refractivity contribution < 1.29 is 14.3 Å². The molecule has 3 rings (SSSR count). The average molecular weight is 441 g/mol. The minimum Gasteiger partial charge on any atom is -0.462 e. The van der Waals surface area contributed by atoms with Gasteiger partial charge in [-0.05, 0) is 51.0 Å². The largest absolute Gasteiger partial charge is 0.462 e. The first-order valence-corrected chi connectivity index (χ1v) is 10.7. The molecule has 0 bridgehead atoms. The number of anilines is 1. The molecular formula is C20H22Cl2N2O3S. The molecule has 0 saturated heterocycles. The number of halogens is 2. The van der Waals surface area contributed by atoms with Gasteiger partial charge in [0.1, 0.15) is 5.00 Å². The lowest BCUT2D eigenvalue weighted by Crippen LogP contribution is -2.35. The average Bonchev–Trinajstić information content (AvgIpc) is 2.97. The number of fused-ring (bicyclic) bond motifs is 1. The monoisotopic (exact) mass is 440 g/mol. The van der Waals surface area contributed by atoms with Crippen LogP contribution in [0.1, 0.15) is 51.9 Å². The molecule has 1 aliphatic rings. The van der Waals surface area contributed by atoms with Crippen LogP contribution in [0.5, 0.6) is 0 Å². The Kier molecular flexibility index (Phi) is 6.65. The van der Waals surface area contributed by atoms with Crippen LogP contribution in [0.4, 0.5) is 5.00 Å². The molecule has 0 aliphatic carbocycles. The van der Waals surface area contributed by atoms with Crippen molar-refractivity contribution in [1.82, 2.24) is 4.90 Å². The second-order valence-electron chi connectivity index (χ2n) is 6.85. The van der Waals surface area contributed by atoms with Gasteiger partial charge in [-0.15, -0.1) is 11.3 Å². The van der Waals surface area contributed by atoms with Crippen LogP contribution in [0.2, 0.25) is 10.0 Å². The maximum Gasteiger partial charge on any atom is 0.341 e. The standard InChI is InChI=1S/C20H22Cl2N2O3S/c1-4-27-20(26)17-15-5-6-24(11(2)3)10-16(15)28-19(17)23-18(25)12-7-13(21)9-14(22)8-12/h7-9,11H,4-6,10H2,1-3H3,(H,23,25). The summed E-state index contributed by atoms with van der Waals surface area (Å²) in [4.78, 5) is 28.8. The van der Waals surface area contributed by atoms with Crippen molar-refractivity contribution in [2.45, 2.75) is 39.8 Å². The molecule has 8 heteroatoms. The van der Waals surface area contributed by atoms with E-state index in [1.54, 1.807) is 25.1 Å². The normalized spacial score (nSPS) is 14.1. The van der Waals surface area contributed by atoms with E-state index >= 15 is 0 Å². The van der Waals surface area contributed by atoms with Crippen molar-refractivity contribution in [2.75, 3.05) is 18.5 Å². The van der Waals surface area contributed by atoms with Crippen LogP contribution in [0, 0.1) is 0 Å². The van der Waals surface area contributed by atoms with Crippen LogP contribution in [0.3, 0.4) is 0 Å². The molecular weight excluding hydrogens is 419 g/mol. The van der Waals surface area contributed by atoms with Gasteiger partial charge in [0.2, 0.25) is 0 Å². The van der Waals surface area contributed by atoms with Gasteiger partial charge in [-0.1, -0.05) is 23.2 Å². The molecule has 1 amide bonds. The fraction of sp³-hybridized carbons (Fsp3) is 0.400. The first-order chi connectivity index (χ1) is 13.3. The molecule has 0 saturated carbocycles. The molecule has 1 N–H and O–H groups in total. The molecule has 28 heavy (non-hydrogen) atoms. The number of hydrogen-bond donors (Lipinski definition) is 1. The van der Waals surface area contributed by atoms with Gasteiger partial charge in [0.25, 0.3) is 5.91 Å². The van der Waals surface area contributed by atoms with E-state index in [-0.39, 0.29) is 12.5 Å². The number of nitrogens with one attached hydrogen (secondary N) is 1. The maximum absolute atomic E-state index is 12.8. The van der Waals surface area contributed by atoms with Crippen LogP contribution in [-0.2, 0) is 17.7 Å². The summed E-state index contributed by atoms with van der Waals surface area (Å²) in [5.41, 5.74) is 1.77. The number of nitrogens with zero attached hydrogens (tertiary/aromatic N) is 1. The van der Waals surface area contributed by atoms with Gasteiger partial charge in [-0.25, -0.2) is 4.79 Å². The highest BCUT2D eigenvalue weighted by molar-refractivity contribution is 7.17. The Balaban J connectivity index is 1.95. The third-order valence-electron chi connectivity index (χ3n) is 4.65. The van der Waals surface area contributed by atoms with Gasteiger partial charge in [-0.2, -0.15) is 0 Å². The molecule has 2 aromatic rings. The van der Waals surface area contributed by atoms with Crippen molar-refractivity contribution >= 4 is 51.4 Å². The number of carbonyl (C=O) groups is 2. The molecule has 1 aliphatic heterocycles. The predicted molar refractivity (Wildman–Crippen MR) is 114 cm³/mol. The Labute approximate surface area is 178 Å². The number of carbonyl (C=O) groups excluding carboxylic acids is 2. The van der Waals surface area contributed by atoms with Crippen LogP contribution < -0.4 is 5.32 Å². The molecule has 0 atom stereocenters. The predicted octanol–water partition coefficient (Wildman–Crippen LogP) is 5.25. The number of rotatable bonds is 5. The van der Waals surface area contributed by atoms with Crippen LogP contribution >= 0.6 is 34.5 Å². The number of amides is 1. The molecule has 0 spiro atoms. The summed E-state index contributed by atoms with van der Waals surface area (Å²) >= 11 is 13.4. The summed E-state index contributed by atoms with van der Waals surface area (Å²) in [6, 6.07) is 5.06. The Morgan fingerprint density at radius 2 is 1.93 bits per heavy atom. The smallest absolute Gasteiger partial charge is 0.341 e. The summed E-state index contributed by atoms with van der Waals surface area (Å²) in [5.74, 6) is -0.772. The van der Waals surface area contributed by atoms with E-state index in [1.807, 2.05) is 0 Å². The Morgan fingerprint density at radius 3 is 2.54 bits per heavy atom. The molecule has 1 aromatic heterocycles. The highest BCUT2D eigenvalue weighted by Crippen LogP contribution is 2.38. The molecule has 0 unspecified atom stereocenters. The molecule has 5 nitrogen and oxygen atoms in total. The fourth-order valence-electron chi connectivity index (χ4n) is 3.23. The van der Waals surface area contributed by atoms with Crippen molar-refractivity contribution in [2.24, 2.45) is 0 Å². The summed E-state index contributed by atoms with van der Waals surface area (Å²) in [5, 5.41) is 4.13. The SMILES string of the molecule is CCOC(=O)c1c(NC(=O)c2cc(Cl)cc(Cl)c2)sc2c1CCN(C(C)C)C2. The van der Waals surface area contributed by atoms with Gasteiger partial charge in [0.05, 0.1) is 12.2 Å². The lowest BCUT2D eigenvalue weighted by molar-refractivity contribution is 0.0526. The zero-order chi connectivity index (χ0) is 20.4. The second kappa shape index (κ2) is 8.82. The molecule has 150 valence electrons. The van der Waals surface area contributed by atoms with Crippen LogP contribution in [0.15, 0.2) is 18.2 Å². The van der Waals surface area contributed by atoms with E-state index in [4.69, 9.17) is 27.9 Å². The van der Waals surface area contributed by atoms with E-state index in [1.165, 1.54) is 11.3 Å². The van der Waals surface area contributed by atoms with Gasteiger partial charge in [-0.3, -0.25) is 9.69 Å². The fourth-order valence-corrected chi connectivity index (χ4v) is 5.01. The summed E-state index contributed by atoms with van der Waals surface area (Å²) in [6.07, 6.45) is 0.747. The highest BCUT2D eigenvalue weighted by atomic mass is 35.5. The van der Waals surface area contributed by atoms with E-state index in [0.717, 1.165) is 30.0 Å². The van der Waals surface area contributed by atoms with Crippen molar-refractivity contribution in [3.05, 3.63) is 49.8 Å². The summed E-state index contributed by atoms with van der Waals surface area (Å²) in [7, 11) is 0. The number of esters is 1. The summed E-state index contributed by atoms with van der Waals surface area (Å²) < 4.78 is 5.25. The minimum absolute atomic E-state index is 0.277. The topological polar surface area (TPSA) is 58.6 Å². The van der Waals surface area contributed by atoms with Gasteiger partial charge in [0, 0.05) is 39.6 Å². The highest BCUT2D eigenvalue weighted by Gasteiger charge is 2.30. The number of hydrogen-bond acceptors (Lipinski definition) is 5. The Hall–Kier alpha value is -1.60. The third-order valence-corrected chi connectivity index (χ3v) is 6.22. The number of thiophene rings is 1. The third kappa shape index (κ3) is 4.51. The molecule has 1 aromatic carbocycles. The Bertz CT molecular complexity index is 891. The van der Waals surface area contributed by atoms with E-state index < -0.39 is 5.97 Å². The Morgan fingerprint density at radius 1 is 1.25 bits per heavy atom. The van der Waals surface area contributed by atoms with E-state index in [9.17, 15) is 9.59 Å². The minimum atomic E-state index is -0.405. The second-order valence-corrected chi connectivity index (χ2v) is 8.83. The molecule has 0 radical (unpaired) electrons. The zero-order valence-corrected chi connectivity index (χ0v) is 18.3. The van der Waals surface area contributed by atoms with E-state index in [2.05, 4.69) is 24.1 Å². The number of ether oxygens (including phenoxy) is 1. The van der Waals surface area contributed by atoms with Crippen molar-refractivity contribution in [3.8, 4) is 0 Å². The van der Waals surface area contributed by atoms with Crippen LogP contribution in [-0.4, -0.2) is 36.0 Å². The number of benzene rings is 1. The van der Waals surface area contributed by atoms with Crippen molar-refractivity contribution in [1.29, 1.82) is 0 Å². The quantitative estimate of drug-likeness (QED) is 0.644. The summed E-state index contributed by atoms with van der Waals surface area (Å²) in [6.45, 7) is 7.96. The van der Waals surface area contributed by atoms with Gasteiger partial charge in [0.15, 0.2) is 0 Å². The van der Waals surface area contributed by atoms with Crippen LogP contribution in [0.25, 0.3) is 0 Å². The first kappa shape index (κ1) is 21.1. The van der Waals surface area contributed by atoms with Gasteiger partial charge >= 0.3 is 5.97 Å². The molecule has 2 heterocycles. The lowest BCUT2D eigenvalue weighted by Gasteiger charge is -2.30. The molecule has 0 fully saturated rings.